The second-order valence-electron chi connectivity index (χ2n) is 3.34. The number of aliphatic hydroxyl groups excluding tert-OH is 1. The van der Waals surface area contributed by atoms with Crippen molar-refractivity contribution in [2.75, 3.05) is 24.3 Å². The Balaban J connectivity index is 3.03. The van der Waals surface area contributed by atoms with Crippen LogP contribution in [0, 0.1) is 0 Å². The number of methoxy groups -OCH3 is 1. The molecule has 0 bridgehead atoms. The van der Waals surface area contributed by atoms with Gasteiger partial charge in [0.05, 0.1) is 12.8 Å². The average molecular weight is 210 g/mol. The van der Waals surface area contributed by atoms with Gasteiger partial charge in [-0.15, -0.1) is 0 Å². The number of nitrogen functional groups attached to an aromatic ring is 1. The molecule has 1 aromatic carbocycles. The normalized spacial score (nSPS) is 12.3. The Morgan fingerprint density at radius 1 is 1.53 bits per heavy atom. The highest BCUT2D eigenvalue weighted by atomic mass is 16.5. The molecule has 15 heavy (non-hydrogen) atoms. The minimum absolute atomic E-state index is 0.525. The summed E-state index contributed by atoms with van der Waals surface area (Å²) < 4.78 is 5.13. The molecular weight excluding hydrogens is 192 g/mol. The van der Waals surface area contributed by atoms with Crippen LogP contribution in [0.2, 0.25) is 0 Å². The van der Waals surface area contributed by atoms with Gasteiger partial charge in [-0.25, -0.2) is 0 Å². The summed E-state index contributed by atoms with van der Waals surface area (Å²) in [7, 11) is 1.58. The molecule has 84 valence electrons. The number of ether oxygens (including phenoxy) is 1. The predicted molar refractivity (Wildman–Crippen MR) is 62.1 cm³/mol. The lowest BCUT2D eigenvalue weighted by molar-refractivity contribution is 0.190. The van der Waals surface area contributed by atoms with E-state index in [1.807, 2.05) is 24.0 Å². The fourth-order valence-electron chi connectivity index (χ4n) is 1.54. The summed E-state index contributed by atoms with van der Waals surface area (Å²) in [5.74, 6) is 0.631. The number of nitrogens with zero attached hydrogens (tertiary/aromatic N) is 1. The number of anilines is 2. The van der Waals surface area contributed by atoms with Crippen molar-refractivity contribution in [3.05, 3.63) is 18.2 Å². The Morgan fingerprint density at radius 3 is 2.67 bits per heavy atom. The molecule has 1 rings (SSSR count). The molecule has 0 aliphatic rings. The Labute approximate surface area is 90.3 Å². The van der Waals surface area contributed by atoms with Crippen molar-refractivity contribution in [2.24, 2.45) is 0 Å². The fourth-order valence-corrected chi connectivity index (χ4v) is 1.54. The van der Waals surface area contributed by atoms with E-state index in [9.17, 15) is 5.11 Å². The molecule has 0 aliphatic carbocycles. The van der Waals surface area contributed by atoms with Crippen LogP contribution in [-0.4, -0.2) is 25.0 Å². The standard InChI is InChI=1S/C11H18N2O2/c1-4-13(8(2)14)9-5-6-10(12)11(7-9)15-3/h5-8,14H,4,12H2,1-3H3/t8-/m0/s1. The molecule has 0 amide bonds. The van der Waals surface area contributed by atoms with Crippen LogP contribution in [0.1, 0.15) is 13.8 Å². The third kappa shape index (κ3) is 2.53. The van der Waals surface area contributed by atoms with Gasteiger partial charge in [0, 0.05) is 18.3 Å². The van der Waals surface area contributed by atoms with Crippen molar-refractivity contribution >= 4 is 11.4 Å². The summed E-state index contributed by atoms with van der Waals surface area (Å²) in [5, 5.41) is 9.55. The lowest BCUT2D eigenvalue weighted by atomic mass is 10.2. The molecule has 0 radical (unpaired) electrons. The minimum Gasteiger partial charge on any atom is -0.495 e. The summed E-state index contributed by atoms with van der Waals surface area (Å²) in [4.78, 5) is 1.85. The molecule has 0 fully saturated rings. The smallest absolute Gasteiger partial charge is 0.143 e. The zero-order valence-corrected chi connectivity index (χ0v) is 9.40. The molecule has 4 nitrogen and oxygen atoms in total. The predicted octanol–water partition coefficient (Wildman–Crippen LogP) is 1.44. The van der Waals surface area contributed by atoms with Gasteiger partial charge in [0.25, 0.3) is 0 Å². The number of aliphatic hydroxyl groups is 1. The molecule has 0 heterocycles. The minimum atomic E-state index is -0.525. The fraction of sp³-hybridized carbons (Fsp3) is 0.455. The molecule has 0 saturated carbocycles. The van der Waals surface area contributed by atoms with Crippen LogP contribution in [0.25, 0.3) is 0 Å². The monoisotopic (exact) mass is 210 g/mol. The molecule has 3 N–H and O–H groups in total. The third-order valence-electron chi connectivity index (χ3n) is 2.34. The van der Waals surface area contributed by atoms with Crippen LogP contribution < -0.4 is 15.4 Å². The number of hydrogen-bond acceptors (Lipinski definition) is 4. The third-order valence-corrected chi connectivity index (χ3v) is 2.34. The van der Waals surface area contributed by atoms with Gasteiger partial charge in [-0.1, -0.05) is 0 Å². The average Bonchev–Trinajstić information content (AvgIpc) is 2.21. The van der Waals surface area contributed by atoms with Crippen LogP contribution in [0.3, 0.4) is 0 Å². The van der Waals surface area contributed by atoms with Gasteiger partial charge in [-0.3, -0.25) is 0 Å². The maximum absolute atomic E-state index is 9.55. The molecule has 4 heteroatoms. The summed E-state index contributed by atoms with van der Waals surface area (Å²) in [6.45, 7) is 4.44. The Kier molecular flexibility index (Phi) is 3.80. The highest BCUT2D eigenvalue weighted by Crippen LogP contribution is 2.27. The Hall–Kier alpha value is -1.42. The molecule has 0 aromatic heterocycles. The maximum Gasteiger partial charge on any atom is 0.143 e. The van der Waals surface area contributed by atoms with Crippen molar-refractivity contribution < 1.29 is 9.84 Å². The number of benzene rings is 1. The molecule has 0 aliphatic heterocycles. The molecule has 0 unspecified atom stereocenters. The van der Waals surface area contributed by atoms with Crippen LogP contribution in [0.4, 0.5) is 11.4 Å². The van der Waals surface area contributed by atoms with E-state index in [1.165, 1.54) is 0 Å². The summed E-state index contributed by atoms with van der Waals surface area (Å²) in [5.41, 5.74) is 7.21. The van der Waals surface area contributed by atoms with Gasteiger partial charge in [0.15, 0.2) is 0 Å². The first-order valence-electron chi connectivity index (χ1n) is 4.98. The zero-order valence-electron chi connectivity index (χ0n) is 9.40. The number of rotatable bonds is 4. The van der Waals surface area contributed by atoms with Gasteiger partial charge in [-0.05, 0) is 26.0 Å². The van der Waals surface area contributed by atoms with E-state index in [0.29, 0.717) is 11.4 Å². The van der Waals surface area contributed by atoms with Crippen molar-refractivity contribution in [3.63, 3.8) is 0 Å². The first-order chi connectivity index (χ1) is 7.10. The van der Waals surface area contributed by atoms with Gasteiger partial charge in [-0.2, -0.15) is 0 Å². The van der Waals surface area contributed by atoms with Gasteiger partial charge in [0.2, 0.25) is 0 Å². The van der Waals surface area contributed by atoms with Crippen molar-refractivity contribution in [1.82, 2.24) is 0 Å². The van der Waals surface area contributed by atoms with Gasteiger partial charge >= 0.3 is 0 Å². The highest BCUT2D eigenvalue weighted by molar-refractivity contribution is 5.62. The zero-order chi connectivity index (χ0) is 11.4. The molecule has 1 aromatic rings. The molecular formula is C11H18N2O2. The first-order valence-corrected chi connectivity index (χ1v) is 4.98. The van der Waals surface area contributed by atoms with E-state index in [-0.39, 0.29) is 0 Å². The SMILES string of the molecule is CCN(c1ccc(N)c(OC)c1)[C@H](C)O. The second-order valence-corrected chi connectivity index (χ2v) is 3.34. The highest BCUT2D eigenvalue weighted by Gasteiger charge is 2.11. The van der Waals surface area contributed by atoms with E-state index in [2.05, 4.69) is 0 Å². The molecule has 0 saturated heterocycles. The van der Waals surface area contributed by atoms with E-state index >= 15 is 0 Å². The van der Waals surface area contributed by atoms with Gasteiger partial charge < -0.3 is 20.5 Å². The topological polar surface area (TPSA) is 58.7 Å². The van der Waals surface area contributed by atoms with E-state index in [0.717, 1.165) is 12.2 Å². The molecule has 0 spiro atoms. The lowest BCUT2D eigenvalue weighted by Gasteiger charge is -2.26. The maximum atomic E-state index is 9.55. The largest absolute Gasteiger partial charge is 0.495 e. The van der Waals surface area contributed by atoms with Crippen molar-refractivity contribution in [1.29, 1.82) is 0 Å². The summed E-state index contributed by atoms with van der Waals surface area (Å²) >= 11 is 0. The quantitative estimate of drug-likeness (QED) is 0.583. The van der Waals surface area contributed by atoms with Crippen LogP contribution in [0.15, 0.2) is 18.2 Å². The van der Waals surface area contributed by atoms with E-state index in [4.69, 9.17) is 10.5 Å². The second kappa shape index (κ2) is 4.89. The van der Waals surface area contributed by atoms with Crippen LogP contribution in [0.5, 0.6) is 5.75 Å². The summed E-state index contributed by atoms with van der Waals surface area (Å²) in [6.07, 6.45) is -0.525. The molecule has 1 atom stereocenters. The Bertz CT molecular complexity index is 326. The summed E-state index contributed by atoms with van der Waals surface area (Å²) in [6, 6.07) is 5.47. The van der Waals surface area contributed by atoms with Gasteiger partial charge in [0.1, 0.15) is 12.0 Å². The van der Waals surface area contributed by atoms with Crippen LogP contribution in [-0.2, 0) is 0 Å². The number of nitrogens with two attached hydrogens (primary N) is 1. The van der Waals surface area contributed by atoms with E-state index in [1.54, 1.807) is 20.1 Å². The van der Waals surface area contributed by atoms with Crippen LogP contribution >= 0.6 is 0 Å². The van der Waals surface area contributed by atoms with E-state index < -0.39 is 6.23 Å². The lowest BCUT2D eigenvalue weighted by Crippen LogP contribution is -2.32. The first kappa shape index (κ1) is 11.7. The van der Waals surface area contributed by atoms with Crippen molar-refractivity contribution in [3.8, 4) is 5.75 Å². The van der Waals surface area contributed by atoms with Crippen molar-refractivity contribution in [2.45, 2.75) is 20.1 Å². The Morgan fingerprint density at radius 2 is 2.20 bits per heavy atom. The number of hydrogen-bond donors (Lipinski definition) is 2.